The summed E-state index contributed by atoms with van der Waals surface area (Å²) in [7, 11) is -3.40. The minimum absolute atomic E-state index is 0.124. The minimum Gasteiger partial charge on any atom is -0.205 e. The Labute approximate surface area is 156 Å². The van der Waals surface area contributed by atoms with Gasteiger partial charge in [-0.25, -0.2) is 13.2 Å². The van der Waals surface area contributed by atoms with Crippen LogP contribution in [0.5, 0.6) is 0 Å². The number of nitrogens with zero attached hydrogens (tertiary/aromatic N) is 1. The minimum atomic E-state index is -3.40. The van der Waals surface area contributed by atoms with E-state index in [-0.39, 0.29) is 5.75 Å². The molecule has 5 heteroatoms. The summed E-state index contributed by atoms with van der Waals surface area (Å²) < 4.78 is 24.6. The Balaban J connectivity index is 1.68. The Morgan fingerprint density at radius 2 is 1.27 bits per heavy atom. The van der Waals surface area contributed by atoms with Crippen molar-refractivity contribution in [1.29, 1.82) is 0 Å². The topological polar surface area (TPSA) is 58.5 Å². The van der Waals surface area contributed by atoms with E-state index >= 15 is 0 Å². The van der Waals surface area contributed by atoms with Crippen LogP contribution in [0.25, 0.3) is 11.1 Å². The second-order valence-corrected chi connectivity index (χ2v) is 8.55. The van der Waals surface area contributed by atoms with Gasteiger partial charge in [-0.1, -0.05) is 87.6 Å². The summed E-state index contributed by atoms with van der Waals surface area (Å²) in [5.41, 5.74) is 4.82. The number of hydrazone groups is 1. The standard InChI is InChI=1S/C21H26N2O2S/c1-2-3-4-5-6-11-16-26(24,25)23-22-21-19-14-9-7-12-17(19)18-13-8-10-15-20(18)21/h7-10,12-15,23H,2-6,11,16H2,1H3. The van der Waals surface area contributed by atoms with Crippen molar-refractivity contribution in [3.63, 3.8) is 0 Å². The number of hydrogen-bond acceptors (Lipinski definition) is 3. The highest BCUT2D eigenvalue weighted by molar-refractivity contribution is 7.89. The number of unbranched alkanes of at least 4 members (excludes halogenated alkanes) is 5. The van der Waals surface area contributed by atoms with E-state index in [1.54, 1.807) is 0 Å². The highest BCUT2D eigenvalue weighted by atomic mass is 32.2. The second-order valence-electron chi connectivity index (χ2n) is 6.73. The van der Waals surface area contributed by atoms with E-state index in [2.05, 4.69) is 16.9 Å². The first-order valence-electron chi connectivity index (χ1n) is 9.39. The van der Waals surface area contributed by atoms with Crippen LogP contribution < -0.4 is 4.83 Å². The molecular formula is C21H26N2O2S. The Bertz CT molecular complexity index is 841. The van der Waals surface area contributed by atoms with Gasteiger partial charge in [0.05, 0.1) is 11.5 Å². The van der Waals surface area contributed by atoms with E-state index in [0.717, 1.165) is 35.1 Å². The van der Waals surface area contributed by atoms with Crippen molar-refractivity contribution < 1.29 is 8.42 Å². The zero-order valence-corrected chi connectivity index (χ0v) is 16.1. The fourth-order valence-corrected chi connectivity index (χ4v) is 4.25. The average molecular weight is 371 g/mol. The maximum atomic E-state index is 12.3. The average Bonchev–Trinajstić information content (AvgIpc) is 2.97. The van der Waals surface area contributed by atoms with Gasteiger partial charge in [0.15, 0.2) is 0 Å². The van der Waals surface area contributed by atoms with Gasteiger partial charge in [0.1, 0.15) is 0 Å². The first-order valence-corrected chi connectivity index (χ1v) is 11.0. The predicted molar refractivity (Wildman–Crippen MR) is 108 cm³/mol. The lowest BCUT2D eigenvalue weighted by atomic mass is 10.1. The van der Waals surface area contributed by atoms with E-state index in [1.165, 1.54) is 19.3 Å². The molecule has 2 aromatic carbocycles. The summed E-state index contributed by atoms with van der Waals surface area (Å²) in [5.74, 6) is 0.124. The van der Waals surface area contributed by atoms with Crippen LogP contribution in [0.2, 0.25) is 0 Å². The van der Waals surface area contributed by atoms with Crippen LogP contribution in [-0.2, 0) is 10.0 Å². The number of sulfonamides is 1. The van der Waals surface area contributed by atoms with E-state index < -0.39 is 10.0 Å². The highest BCUT2D eigenvalue weighted by Gasteiger charge is 2.24. The molecule has 0 aliphatic heterocycles. The van der Waals surface area contributed by atoms with Crippen LogP contribution in [0.1, 0.15) is 56.6 Å². The third-order valence-electron chi connectivity index (χ3n) is 4.72. The van der Waals surface area contributed by atoms with Crippen molar-refractivity contribution in [3.8, 4) is 11.1 Å². The van der Waals surface area contributed by atoms with Crippen LogP contribution in [0.4, 0.5) is 0 Å². The molecule has 0 aromatic heterocycles. The molecule has 138 valence electrons. The molecule has 1 N–H and O–H groups in total. The lowest BCUT2D eigenvalue weighted by molar-refractivity contribution is 0.573. The van der Waals surface area contributed by atoms with Gasteiger partial charge in [-0.3, -0.25) is 0 Å². The summed E-state index contributed by atoms with van der Waals surface area (Å²) in [4.78, 5) is 2.44. The molecule has 0 spiro atoms. The van der Waals surface area contributed by atoms with Gasteiger partial charge < -0.3 is 0 Å². The Kier molecular flexibility index (Phi) is 6.09. The highest BCUT2D eigenvalue weighted by Crippen LogP contribution is 2.36. The van der Waals surface area contributed by atoms with Gasteiger partial charge in [0, 0.05) is 11.1 Å². The van der Waals surface area contributed by atoms with Crippen LogP contribution >= 0.6 is 0 Å². The largest absolute Gasteiger partial charge is 0.247 e. The number of rotatable bonds is 9. The van der Waals surface area contributed by atoms with Gasteiger partial charge in [-0.15, -0.1) is 0 Å². The monoisotopic (exact) mass is 370 g/mol. The fourth-order valence-electron chi connectivity index (χ4n) is 3.35. The van der Waals surface area contributed by atoms with Gasteiger partial charge in [-0.2, -0.15) is 5.10 Å². The van der Waals surface area contributed by atoms with Crippen LogP contribution in [0.3, 0.4) is 0 Å². The molecule has 1 aliphatic carbocycles. The molecule has 0 saturated carbocycles. The smallest absolute Gasteiger partial charge is 0.205 e. The number of fused-ring (bicyclic) bond motifs is 3. The Morgan fingerprint density at radius 1 is 0.769 bits per heavy atom. The zero-order chi connectivity index (χ0) is 18.4. The van der Waals surface area contributed by atoms with Gasteiger partial charge in [0.25, 0.3) is 0 Å². The molecular weight excluding hydrogens is 344 g/mol. The van der Waals surface area contributed by atoms with Crippen molar-refractivity contribution >= 4 is 15.7 Å². The molecule has 0 radical (unpaired) electrons. The summed E-state index contributed by atoms with van der Waals surface area (Å²) in [5, 5.41) is 4.28. The third-order valence-corrected chi connectivity index (χ3v) is 5.91. The van der Waals surface area contributed by atoms with Gasteiger partial charge in [-0.05, 0) is 17.5 Å². The first kappa shape index (κ1) is 18.6. The lowest BCUT2D eigenvalue weighted by Crippen LogP contribution is -2.23. The van der Waals surface area contributed by atoms with E-state index in [9.17, 15) is 8.42 Å². The zero-order valence-electron chi connectivity index (χ0n) is 15.2. The summed E-state index contributed by atoms with van der Waals surface area (Å²) in [6.07, 6.45) is 6.32. The molecule has 0 bridgehead atoms. The van der Waals surface area contributed by atoms with Crippen LogP contribution in [0, 0.1) is 0 Å². The summed E-state index contributed by atoms with van der Waals surface area (Å²) >= 11 is 0. The van der Waals surface area contributed by atoms with Crippen molar-refractivity contribution in [2.24, 2.45) is 5.10 Å². The molecule has 3 rings (SSSR count). The molecule has 0 unspecified atom stereocenters. The molecule has 2 aromatic rings. The quantitative estimate of drug-likeness (QED) is 0.438. The molecule has 0 amide bonds. The second kappa shape index (κ2) is 8.49. The fraction of sp³-hybridized carbons (Fsp3) is 0.381. The van der Waals surface area contributed by atoms with Gasteiger partial charge >= 0.3 is 0 Å². The molecule has 0 heterocycles. The van der Waals surface area contributed by atoms with E-state index in [1.807, 2.05) is 48.5 Å². The van der Waals surface area contributed by atoms with Crippen LogP contribution in [-0.4, -0.2) is 19.9 Å². The van der Waals surface area contributed by atoms with Crippen molar-refractivity contribution in [2.45, 2.75) is 45.4 Å². The molecule has 4 nitrogen and oxygen atoms in total. The van der Waals surface area contributed by atoms with Crippen LogP contribution in [0.15, 0.2) is 53.6 Å². The molecule has 1 aliphatic rings. The molecule has 0 saturated heterocycles. The normalized spacial score (nSPS) is 12.6. The SMILES string of the molecule is CCCCCCCCS(=O)(=O)NN=C1c2ccccc2-c2ccccc21. The Hall–Kier alpha value is -2.14. The predicted octanol–water partition coefficient (Wildman–Crippen LogP) is 4.70. The third kappa shape index (κ3) is 4.33. The van der Waals surface area contributed by atoms with Crippen molar-refractivity contribution in [3.05, 3.63) is 59.7 Å². The van der Waals surface area contributed by atoms with Gasteiger partial charge in [0.2, 0.25) is 10.0 Å². The number of nitrogens with one attached hydrogen (secondary N) is 1. The summed E-state index contributed by atoms with van der Waals surface area (Å²) in [6, 6.07) is 15.9. The van der Waals surface area contributed by atoms with E-state index in [4.69, 9.17) is 0 Å². The van der Waals surface area contributed by atoms with E-state index in [0.29, 0.717) is 12.1 Å². The van der Waals surface area contributed by atoms with Crippen molar-refractivity contribution in [1.82, 2.24) is 4.83 Å². The summed E-state index contributed by atoms with van der Waals surface area (Å²) in [6.45, 7) is 2.17. The maximum Gasteiger partial charge on any atom is 0.247 e. The number of hydrogen-bond donors (Lipinski definition) is 1. The molecule has 0 fully saturated rings. The maximum absolute atomic E-state index is 12.3. The Morgan fingerprint density at radius 3 is 1.85 bits per heavy atom. The number of benzene rings is 2. The van der Waals surface area contributed by atoms with Crippen molar-refractivity contribution in [2.75, 3.05) is 5.75 Å². The first-order chi connectivity index (χ1) is 12.6. The molecule has 26 heavy (non-hydrogen) atoms. The lowest BCUT2D eigenvalue weighted by Gasteiger charge is -2.06. The molecule has 0 atom stereocenters.